The average molecular weight is 431 g/mol. The molecular weight excluding hydrogens is 404 g/mol. The second kappa shape index (κ2) is 9.36. The minimum Gasteiger partial charge on any atom is -0.489 e. The highest BCUT2D eigenvalue weighted by molar-refractivity contribution is 5.94. The first-order chi connectivity index (χ1) is 15.8. The number of ether oxygens (including phenoxy) is 2. The fraction of sp³-hybridized carbons (Fsp3) is 0.320. The second-order valence-electron chi connectivity index (χ2n) is 8.02. The Kier molecular flexibility index (Phi) is 5.98. The van der Waals surface area contributed by atoms with Crippen molar-refractivity contribution in [3.8, 4) is 5.75 Å². The number of fused-ring (bicyclic) bond motifs is 1. The molecule has 2 aliphatic heterocycles. The minimum absolute atomic E-state index is 0.00709. The van der Waals surface area contributed by atoms with E-state index in [-0.39, 0.29) is 5.91 Å². The number of amides is 1. The van der Waals surface area contributed by atoms with Crippen LogP contribution in [0.2, 0.25) is 0 Å². The van der Waals surface area contributed by atoms with Crippen molar-refractivity contribution < 1.29 is 14.3 Å². The van der Waals surface area contributed by atoms with Crippen LogP contribution in [0.15, 0.2) is 60.8 Å². The van der Waals surface area contributed by atoms with Crippen molar-refractivity contribution in [2.75, 3.05) is 37.7 Å². The third-order valence-electron chi connectivity index (χ3n) is 5.84. The molecule has 32 heavy (non-hydrogen) atoms. The Morgan fingerprint density at radius 2 is 1.88 bits per heavy atom. The lowest BCUT2D eigenvalue weighted by Crippen LogP contribution is -2.39. The molecule has 0 unspecified atom stereocenters. The summed E-state index contributed by atoms with van der Waals surface area (Å²) in [7, 11) is 0. The fourth-order valence-corrected chi connectivity index (χ4v) is 4.02. The quantitative estimate of drug-likeness (QED) is 0.620. The van der Waals surface area contributed by atoms with Crippen molar-refractivity contribution in [3.63, 3.8) is 0 Å². The standard InChI is InChI=1S/C25H26N4O3/c30-24(20-7-4-8-22(15-20)32-18-19-5-2-1-3-6-19)29-10-9-21-16-26-25(27-23(21)17-29)28-11-13-31-14-12-28/h1-8,15-16H,9-14,17-18H2. The van der Waals surface area contributed by atoms with Crippen molar-refractivity contribution in [2.24, 2.45) is 0 Å². The van der Waals surface area contributed by atoms with E-state index in [1.165, 1.54) is 0 Å². The van der Waals surface area contributed by atoms with Gasteiger partial charge in [0.05, 0.1) is 25.5 Å². The highest BCUT2D eigenvalue weighted by Gasteiger charge is 2.25. The normalized spacial score (nSPS) is 15.9. The van der Waals surface area contributed by atoms with Gasteiger partial charge in [-0.05, 0) is 35.7 Å². The summed E-state index contributed by atoms with van der Waals surface area (Å²) in [5, 5.41) is 0. The number of hydrogen-bond acceptors (Lipinski definition) is 6. The Morgan fingerprint density at radius 1 is 1.03 bits per heavy atom. The maximum atomic E-state index is 13.2. The largest absolute Gasteiger partial charge is 0.489 e. The molecule has 1 amide bonds. The van der Waals surface area contributed by atoms with Crippen LogP contribution in [0.3, 0.4) is 0 Å². The lowest BCUT2D eigenvalue weighted by molar-refractivity contribution is 0.0731. The zero-order valence-electron chi connectivity index (χ0n) is 17.9. The van der Waals surface area contributed by atoms with E-state index >= 15 is 0 Å². The van der Waals surface area contributed by atoms with Crippen molar-refractivity contribution in [2.45, 2.75) is 19.6 Å². The second-order valence-corrected chi connectivity index (χ2v) is 8.02. The van der Waals surface area contributed by atoms with Gasteiger partial charge in [0.2, 0.25) is 5.95 Å². The van der Waals surface area contributed by atoms with E-state index in [4.69, 9.17) is 14.5 Å². The molecule has 2 aliphatic rings. The number of carbonyl (C=O) groups is 1. The van der Waals surface area contributed by atoms with Crippen LogP contribution in [-0.4, -0.2) is 53.6 Å². The SMILES string of the molecule is O=C(c1cccc(OCc2ccccc2)c1)N1CCc2cnc(N3CCOCC3)nc2C1. The molecule has 7 heteroatoms. The maximum absolute atomic E-state index is 13.2. The lowest BCUT2D eigenvalue weighted by atomic mass is 10.1. The van der Waals surface area contributed by atoms with Crippen LogP contribution in [0.5, 0.6) is 5.75 Å². The van der Waals surface area contributed by atoms with Crippen LogP contribution in [0, 0.1) is 0 Å². The molecule has 5 rings (SSSR count). The summed E-state index contributed by atoms with van der Waals surface area (Å²) in [5.41, 5.74) is 3.76. The van der Waals surface area contributed by atoms with Crippen LogP contribution in [0.25, 0.3) is 0 Å². The Morgan fingerprint density at radius 3 is 2.72 bits per heavy atom. The molecule has 0 spiro atoms. The van der Waals surface area contributed by atoms with Gasteiger partial charge in [0.1, 0.15) is 12.4 Å². The lowest BCUT2D eigenvalue weighted by Gasteiger charge is -2.30. The van der Waals surface area contributed by atoms with E-state index in [1.807, 2.05) is 65.7 Å². The zero-order valence-corrected chi connectivity index (χ0v) is 17.9. The number of nitrogens with zero attached hydrogens (tertiary/aromatic N) is 4. The molecule has 1 fully saturated rings. The Balaban J connectivity index is 1.27. The summed E-state index contributed by atoms with van der Waals surface area (Å²) < 4.78 is 11.3. The summed E-state index contributed by atoms with van der Waals surface area (Å²) >= 11 is 0. The predicted molar refractivity (Wildman–Crippen MR) is 121 cm³/mol. The first-order valence-electron chi connectivity index (χ1n) is 11.0. The zero-order chi connectivity index (χ0) is 21.8. The van der Waals surface area contributed by atoms with Crippen LogP contribution in [0.4, 0.5) is 5.95 Å². The van der Waals surface area contributed by atoms with Gasteiger partial charge in [-0.3, -0.25) is 4.79 Å². The number of hydrogen-bond donors (Lipinski definition) is 0. The van der Waals surface area contributed by atoms with E-state index in [2.05, 4.69) is 9.88 Å². The molecule has 164 valence electrons. The van der Waals surface area contributed by atoms with Gasteiger partial charge in [-0.1, -0.05) is 36.4 Å². The van der Waals surface area contributed by atoms with E-state index in [1.54, 1.807) is 0 Å². The van der Waals surface area contributed by atoms with Crippen LogP contribution < -0.4 is 9.64 Å². The smallest absolute Gasteiger partial charge is 0.254 e. The van der Waals surface area contributed by atoms with Crippen LogP contribution in [-0.2, 0) is 24.3 Å². The molecule has 2 aromatic carbocycles. The number of aromatic nitrogens is 2. The maximum Gasteiger partial charge on any atom is 0.254 e. The van der Waals surface area contributed by atoms with E-state index in [0.717, 1.165) is 42.3 Å². The molecule has 3 heterocycles. The molecule has 0 atom stereocenters. The van der Waals surface area contributed by atoms with Crippen molar-refractivity contribution in [3.05, 3.63) is 83.2 Å². The Hall–Kier alpha value is -3.45. The summed E-state index contributed by atoms with van der Waals surface area (Å²) in [6.45, 7) is 4.57. The highest BCUT2D eigenvalue weighted by atomic mass is 16.5. The third-order valence-corrected chi connectivity index (χ3v) is 5.84. The molecule has 1 saturated heterocycles. The van der Waals surface area contributed by atoms with Crippen molar-refractivity contribution in [1.29, 1.82) is 0 Å². The van der Waals surface area contributed by atoms with Gasteiger partial charge in [-0.2, -0.15) is 0 Å². The third kappa shape index (κ3) is 4.57. The molecule has 1 aromatic heterocycles. The summed E-state index contributed by atoms with van der Waals surface area (Å²) in [6, 6.07) is 17.4. The van der Waals surface area contributed by atoms with Gasteiger partial charge in [0.25, 0.3) is 5.91 Å². The van der Waals surface area contributed by atoms with Gasteiger partial charge in [0.15, 0.2) is 0 Å². The topological polar surface area (TPSA) is 67.8 Å². The summed E-state index contributed by atoms with van der Waals surface area (Å²) in [6.07, 6.45) is 2.67. The van der Waals surface area contributed by atoms with E-state index in [0.29, 0.717) is 44.2 Å². The highest BCUT2D eigenvalue weighted by Crippen LogP contribution is 2.23. The van der Waals surface area contributed by atoms with Crippen molar-refractivity contribution >= 4 is 11.9 Å². The Labute approximate surface area is 187 Å². The van der Waals surface area contributed by atoms with Crippen LogP contribution in [0.1, 0.15) is 27.2 Å². The first kappa shape index (κ1) is 20.5. The average Bonchev–Trinajstić information content (AvgIpc) is 2.87. The molecule has 0 bridgehead atoms. The van der Waals surface area contributed by atoms with Gasteiger partial charge in [0, 0.05) is 31.4 Å². The minimum atomic E-state index is -0.00709. The first-order valence-corrected chi connectivity index (χ1v) is 11.0. The van der Waals surface area contributed by atoms with Gasteiger partial charge in [-0.25, -0.2) is 9.97 Å². The van der Waals surface area contributed by atoms with E-state index in [9.17, 15) is 4.79 Å². The molecule has 0 N–H and O–H groups in total. The fourth-order valence-electron chi connectivity index (χ4n) is 4.02. The van der Waals surface area contributed by atoms with Crippen LogP contribution >= 0.6 is 0 Å². The van der Waals surface area contributed by atoms with Gasteiger partial charge < -0.3 is 19.3 Å². The number of rotatable bonds is 5. The molecule has 0 aliphatic carbocycles. The molecule has 3 aromatic rings. The van der Waals surface area contributed by atoms with E-state index < -0.39 is 0 Å². The summed E-state index contributed by atoms with van der Waals surface area (Å²) in [5.74, 6) is 1.40. The summed E-state index contributed by atoms with van der Waals surface area (Å²) in [4.78, 5) is 26.5. The van der Waals surface area contributed by atoms with Gasteiger partial charge in [-0.15, -0.1) is 0 Å². The predicted octanol–water partition coefficient (Wildman–Crippen LogP) is 3.09. The molecule has 7 nitrogen and oxygen atoms in total. The molecule has 0 saturated carbocycles. The number of anilines is 1. The number of morpholine rings is 1. The number of carbonyl (C=O) groups excluding carboxylic acids is 1. The molecule has 0 radical (unpaired) electrons. The van der Waals surface area contributed by atoms with Gasteiger partial charge >= 0.3 is 0 Å². The molecular formula is C25H26N4O3. The Bertz CT molecular complexity index is 1080. The number of benzene rings is 2. The monoisotopic (exact) mass is 430 g/mol. The van der Waals surface area contributed by atoms with Crippen molar-refractivity contribution in [1.82, 2.24) is 14.9 Å².